The summed E-state index contributed by atoms with van der Waals surface area (Å²) in [5, 5.41) is 2.79. The lowest BCUT2D eigenvalue weighted by molar-refractivity contribution is -0.145. The smallest absolute Gasteiger partial charge is 0.308 e. The van der Waals surface area contributed by atoms with Crippen LogP contribution in [0.3, 0.4) is 0 Å². The van der Waals surface area contributed by atoms with Crippen LogP contribution in [-0.4, -0.2) is 21.3 Å². The van der Waals surface area contributed by atoms with E-state index >= 15 is 0 Å². The van der Waals surface area contributed by atoms with Crippen LogP contribution in [0.2, 0.25) is 0 Å². The van der Waals surface area contributed by atoms with Crippen molar-refractivity contribution < 1.29 is 14.3 Å². The molecule has 6 heteroatoms. The molecule has 0 bridgehead atoms. The zero-order valence-electron chi connectivity index (χ0n) is 13.9. The number of ether oxygens (including phenoxy) is 1. The fourth-order valence-electron chi connectivity index (χ4n) is 2.62. The van der Waals surface area contributed by atoms with Gasteiger partial charge in [0.05, 0.1) is 18.2 Å². The maximum absolute atomic E-state index is 12.2. The van der Waals surface area contributed by atoms with Gasteiger partial charge in [-0.2, -0.15) is 0 Å². The Labute approximate surface area is 145 Å². The van der Waals surface area contributed by atoms with Gasteiger partial charge in [-0.3, -0.25) is 9.59 Å². The monoisotopic (exact) mass is 337 g/mol. The van der Waals surface area contributed by atoms with Crippen LogP contribution in [-0.2, 0) is 20.9 Å². The highest BCUT2D eigenvalue weighted by molar-refractivity contribution is 5.76. The summed E-state index contributed by atoms with van der Waals surface area (Å²) in [5.74, 6) is -0.582. The van der Waals surface area contributed by atoms with E-state index in [1.165, 1.54) is 6.92 Å². The quantitative estimate of drug-likeness (QED) is 0.702. The lowest BCUT2D eigenvalue weighted by Crippen LogP contribution is -2.28. The standard InChI is InChI=1S/C19H19N3O3/c1-14(23)20-17(15-7-3-2-4-8-15)11-19(24)25-13-16-12-22-10-6-5-9-18(22)21-16/h2-10,12,17H,11,13H2,1H3,(H,20,23)/t17-/m1/s1. The normalized spacial score (nSPS) is 11.9. The number of hydrogen-bond acceptors (Lipinski definition) is 4. The van der Waals surface area contributed by atoms with Crippen molar-refractivity contribution in [1.82, 2.24) is 14.7 Å². The van der Waals surface area contributed by atoms with Crippen molar-refractivity contribution in [3.8, 4) is 0 Å². The van der Waals surface area contributed by atoms with Gasteiger partial charge in [0.2, 0.25) is 5.91 Å². The molecular weight excluding hydrogens is 318 g/mol. The largest absolute Gasteiger partial charge is 0.459 e. The number of benzene rings is 1. The molecule has 0 aliphatic rings. The molecule has 1 aromatic carbocycles. The highest BCUT2D eigenvalue weighted by Crippen LogP contribution is 2.17. The second-order valence-electron chi connectivity index (χ2n) is 5.73. The number of amides is 1. The van der Waals surface area contributed by atoms with Crippen LogP contribution >= 0.6 is 0 Å². The van der Waals surface area contributed by atoms with Gasteiger partial charge in [0.25, 0.3) is 0 Å². The number of rotatable bonds is 6. The molecule has 0 aliphatic carbocycles. The molecule has 2 aromatic heterocycles. The van der Waals surface area contributed by atoms with Crippen LogP contribution in [0.25, 0.3) is 5.65 Å². The van der Waals surface area contributed by atoms with Gasteiger partial charge in [0.1, 0.15) is 12.3 Å². The molecule has 1 N–H and O–H groups in total. The zero-order chi connectivity index (χ0) is 17.6. The summed E-state index contributed by atoms with van der Waals surface area (Å²) in [4.78, 5) is 28.0. The summed E-state index contributed by atoms with van der Waals surface area (Å²) in [6, 6.07) is 14.6. The highest BCUT2D eigenvalue weighted by Gasteiger charge is 2.18. The third-order valence-corrected chi connectivity index (χ3v) is 3.75. The van der Waals surface area contributed by atoms with Crippen molar-refractivity contribution in [1.29, 1.82) is 0 Å². The molecule has 0 saturated heterocycles. The minimum atomic E-state index is -0.410. The Morgan fingerprint density at radius 2 is 1.92 bits per heavy atom. The molecule has 2 heterocycles. The van der Waals surface area contributed by atoms with Crippen LogP contribution in [0.4, 0.5) is 0 Å². The minimum absolute atomic E-state index is 0.0664. The SMILES string of the molecule is CC(=O)N[C@H](CC(=O)OCc1cn2ccccc2n1)c1ccccc1. The summed E-state index contributed by atoms with van der Waals surface area (Å²) < 4.78 is 7.19. The number of pyridine rings is 1. The minimum Gasteiger partial charge on any atom is -0.459 e. The second kappa shape index (κ2) is 7.61. The summed E-state index contributed by atoms with van der Waals surface area (Å²) in [7, 11) is 0. The first-order valence-electron chi connectivity index (χ1n) is 8.02. The van der Waals surface area contributed by atoms with Gasteiger partial charge >= 0.3 is 5.97 Å². The van der Waals surface area contributed by atoms with Gasteiger partial charge in [-0.25, -0.2) is 4.98 Å². The van der Waals surface area contributed by atoms with E-state index in [0.29, 0.717) is 5.69 Å². The molecule has 0 aliphatic heterocycles. The van der Waals surface area contributed by atoms with E-state index in [9.17, 15) is 9.59 Å². The first kappa shape index (κ1) is 16.7. The van der Waals surface area contributed by atoms with Gasteiger partial charge < -0.3 is 14.5 Å². The predicted molar refractivity (Wildman–Crippen MR) is 92.6 cm³/mol. The zero-order valence-corrected chi connectivity index (χ0v) is 13.9. The van der Waals surface area contributed by atoms with Crippen molar-refractivity contribution in [3.05, 3.63) is 72.2 Å². The number of nitrogens with one attached hydrogen (secondary N) is 1. The van der Waals surface area contributed by atoms with Gasteiger partial charge in [0.15, 0.2) is 0 Å². The number of hydrogen-bond donors (Lipinski definition) is 1. The maximum atomic E-state index is 12.2. The first-order valence-corrected chi connectivity index (χ1v) is 8.02. The van der Waals surface area contributed by atoms with Gasteiger partial charge in [-0.15, -0.1) is 0 Å². The molecule has 3 aromatic rings. The van der Waals surface area contributed by atoms with Crippen molar-refractivity contribution in [2.75, 3.05) is 0 Å². The summed E-state index contributed by atoms with van der Waals surface area (Å²) in [5.41, 5.74) is 2.34. The van der Waals surface area contributed by atoms with E-state index in [-0.39, 0.29) is 24.9 Å². The number of carbonyl (C=O) groups is 2. The average molecular weight is 337 g/mol. The molecule has 0 unspecified atom stereocenters. The van der Waals surface area contributed by atoms with Crippen LogP contribution in [0.15, 0.2) is 60.9 Å². The summed E-state index contributed by atoms with van der Waals surface area (Å²) >= 11 is 0. The van der Waals surface area contributed by atoms with E-state index in [1.807, 2.05) is 65.3 Å². The van der Waals surface area contributed by atoms with E-state index in [2.05, 4.69) is 10.3 Å². The van der Waals surface area contributed by atoms with Gasteiger partial charge in [-0.05, 0) is 17.7 Å². The number of esters is 1. The number of carbonyl (C=O) groups excluding carboxylic acids is 2. The molecule has 0 radical (unpaired) electrons. The number of fused-ring (bicyclic) bond motifs is 1. The van der Waals surface area contributed by atoms with E-state index < -0.39 is 6.04 Å². The third-order valence-electron chi connectivity index (χ3n) is 3.75. The molecule has 0 saturated carbocycles. The Bertz CT molecular complexity index is 841. The highest BCUT2D eigenvalue weighted by atomic mass is 16.5. The Hall–Kier alpha value is -3.15. The Morgan fingerprint density at radius 3 is 2.64 bits per heavy atom. The van der Waals surface area contributed by atoms with Gasteiger partial charge in [0, 0.05) is 19.3 Å². The maximum Gasteiger partial charge on any atom is 0.308 e. The third kappa shape index (κ3) is 4.44. The molecule has 25 heavy (non-hydrogen) atoms. The van der Waals surface area contributed by atoms with Crippen molar-refractivity contribution in [2.45, 2.75) is 26.0 Å². The summed E-state index contributed by atoms with van der Waals surface area (Å²) in [6.45, 7) is 1.53. The number of imidazole rings is 1. The van der Waals surface area contributed by atoms with Crippen molar-refractivity contribution >= 4 is 17.5 Å². The number of aromatic nitrogens is 2. The fourth-order valence-corrected chi connectivity index (χ4v) is 2.62. The molecule has 1 atom stereocenters. The molecule has 128 valence electrons. The average Bonchev–Trinajstić information content (AvgIpc) is 3.03. The van der Waals surface area contributed by atoms with Crippen LogP contribution in [0, 0.1) is 0 Å². The number of nitrogens with zero attached hydrogens (tertiary/aromatic N) is 2. The molecule has 0 spiro atoms. The van der Waals surface area contributed by atoms with Gasteiger partial charge in [-0.1, -0.05) is 36.4 Å². The van der Waals surface area contributed by atoms with Crippen molar-refractivity contribution in [3.63, 3.8) is 0 Å². The van der Waals surface area contributed by atoms with E-state index in [4.69, 9.17) is 4.74 Å². The lowest BCUT2D eigenvalue weighted by Gasteiger charge is -2.17. The summed E-state index contributed by atoms with van der Waals surface area (Å²) in [6.07, 6.45) is 3.78. The second-order valence-corrected chi connectivity index (χ2v) is 5.73. The molecular formula is C19H19N3O3. The topological polar surface area (TPSA) is 72.7 Å². The Kier molecular flexibility index (Phi) is 5.09. The van der Waals surface area contributed by atoms with Crippen molar-refractivity contribution in [2.24, 2.45) is 0 Å². The van der Waals surface area contributed by atoms with E-state index in [0.717, 1.165) is 11.2 Å². The molecule has 1 amide bonds. The van der Waals surface area contributed by atoms with Crippen LogP contribution < -0.4 is 5.32 Å². The first-order chi connectivity index (χ1) is 12.1. The Balaban J connectivity index is 1.62. The molecule has 0 fully saturated rings. The fraction of sp³-hybridized carbons (Fsp3) is 0.211. The predicted octanol–water partition coefficient (Wildman–Crippen LogP) is 2.65. The lowest BCUT2D eigenvalue weighted by atomic mass is 10.0. The van der Waals surface area contributed by atoms with Crippen LogP contribution in [0.5, 0.6) is 0 Å². The molecule has 3 rings (SSSR count). The molecule has 6 nitrogen and oxygen atoms in total. The van der Waals surface area contributed by atoms with E-state index in [1.54, 1.807) is 0 Å². The van der Waals surface area contributed by atoms with Crippen LogP contribution in [0.1, 0.15) is 30.6 Å². The Morgan fingerprint density at radius 1 is 1.16 bits per heavy atom.